The Balaban J connectivity index is 1.86. The van der Waals surface area contributed by atoms with Gasteiger partial charge in [-0.3, -0.25) is 4.79 Å². The minimum Gasteiger partial charge on any atom is -0.507 e. The van der Waals surface area contributed by atoms with Gasteiger partial charge in [-0.2, -0.15) is 0 Å². The lowest BCUT2D eigenvalue weighted by Crippen LogP contribution is -2.03. The lowest BCUT2D eigenvalue weighted by atomic mass is 10.1. The van der Waals surface area contributed by atoms with Gasteiger partial charge in [0.1, 0.15) is 11.5 Å². The van der Waals surface area contributed by atoms with E-state index in [4.69, 9.17) is 4.74 Å². The summed E-state index contributed by atoms with van der Waals surface area (Å²) in [6.07, 6.45) is 4.90. The smallest absolute Gasteiger partial charge is 0.163 e. The van der Waals surface area contributed by atoms with Gasteiger partial charge in [0.25, 0.3) is 0 Å². The molecule has 0 unspecified atom stereocenters. The molecule has 0 aliphatic heterocycles. The van der Waals surface area contributed by atoms with E-state index in [1.165, 1.54) is 13.0 Å². The number of aromatic nitrogens is 1. The number of aromatic hydroxyl groups is 1. The average Bonchev–Trinajstić information content (AvgIpc) is 2.89. The van der Waals surface area contributed by atoms with Crippen molar-refractivity contribution in [1.29, 1.82) is 0 Å². The van der Waals surface area contributed by atoms with Crippen molar-refractivity contribution < 1.29 is 14.6 Å². The number of phenols is 1. The fourth-order valence-electron chi connectivity index (χ4n) is 1.84. The molecule has 0 aliphatic rings. The monoisotopic (exact) mass is 259 g/mol. The number of nitrogens with zero attached hydrogens (tertiary/aromatic N) is 1. The number of phenolic OH excluding ortho intramolecular Hbond substituents is 1. The fourth-order valence-corrected chi connectivity index (χ4v) is 1.84. The second kappa shape index (κ2) is 6.09. The van der Waals surface area contributed by atoms with Crippen LogP contribution in [0.15, 0.2) is 42.7 Å². The number of ketones is 1. The number of hydrogen-bond acceptors (Lipinski definition) is 3. The van der Waals surface area contributed by atoms with E-state index in [9.17, 15) is 9.90 Å². The molecule has 19 heavy (non-hydrogen) atoms. The van der Waals surface area contributed by atoms with E-state index in [1.807, 2.05) is 24.5 Å². The summed E-state index contributed by atoms with van der Waals surface area (Å²) >= 11 is 0. The third kappa shape index (κ3) is 3.61. The summed E-state index contributed by atoms with van der Waals surface area (Å²) in [5, 5.41) is 9.52. The summed E-state index contributed by atoms with van der Waals surface area (Å²) in [6, 6.07) is 8.70. The first-order valence-electron chi connectivity index (χ1n) is 6.24. The second-order valence-corrected chi connectivity index (χ2v) is 4.36. The van der Waals surface area contributed by atoms with E-state index in [-0.39, 0.29) is 11.5 Å². The molecular formula is C15H17NO3. The Morgan fingerprint density at radius 3 is 2.74 bits per heavy atom. The van der Waals surface area contributed by atoms with E-state index in [2.05, 4.69) is 4.57 Å². The van der Waals surface area contributed by atoms with Crippen LogP contribution in [0, 0.1) is 0 Å². The molecule has 2 aromatic rings. The van der Waals surface area contributed by atoms with Gasteiger partial charge in [0, 0.05) is 18.9 Å². The van der Waals surface area contributed by atoms with Crippen LogP contribution < -0.4 is 4.74 Å². The predicted octanol–water partition coefficient (Wildman–Crippen LogP) is 2.87. The Morgan fingerprint density at radius 2 is 2.05 bits per heavy atom. The molecule has 0 saturated heterocycles. The number of benzene rings is 1. The number of Topliss-reactive ketones (excluding diaryl/α,β-unsaturated/α-hetero) is 1. The van der Waals surface area contributed by atoms with E-state index in [1.54, 1.807) is 12.1 Å². The molecule has 100 valence electrons. The summed E-state index contributed by atoms with van der Waals surface area (Å²) in [5.41, 5.74) is 0.294. The third-order valence-electron chi connectivity index (χ3n) is 2.84. The molecule has 0 bridgehead atoms. The van der Waals surface area contributed by atoms with Gasteiger partial charge in [0.15, 0.2) is 5.78 Å². The van der Waals surface area contributed by atoms with E-state index in [0.29, 0.717) is 17.9 Å². The van der Waals surface area contributed by atoms with Gasteiger partial charge in [0.2, 0.25) is 0 Å². The van der Waals surface area contributed by atoms with Crippen molar-refractivity contribution >= 4 is 5.78 Å². The molecule has 1 aromatic heterocycles. The first kappa shape index (κ1) is 13.2. The van der Waals surface area contributed by atoms with E-state index >= 15 is 0 Å². The maximum Gasteiger partial charge on any atom is 0.163 e. The maximum absolute atomic E-state index is 11.3. The molecule has 2 rings (SSSR count). The first-order chi connectivity index (χ1) is 9.16. The van der Waals surface area contributed by atoms with Gasteiger partial charge in [-0.15, -0.1) is 0 Å². The molecule has 0 amide bonds. The van der Waals surface area contributed by atoms with Crippen molar-refractivity contribution in [3.63, 3.8) is 0 Å². The van der Waals surface area contributed by atoms with Gasteiger partial charge >= 0.3 is 0 Å². The van der Waals surface area contributed by atoms with E-state index in [0.717, 1.165) is 13.0 Å². The van der Waals surface area contributed by atoms with Gasteiger partial charge in [-0.25, -0.2) is 0 Å². The lowest BCUT2D eigenvalue weighted by molar-refractivity contribution is 0.101. The normalized spacial score (nSPS) is 10.4. The topological polar surface area (TPSA) is 51.5 Å². The zero-order chi connectivity index (χ0) is 13.7. The van der Waals surface area contributed by atoms with Crippen LogP contribution in [-0.4, -0.2) is 22.1 Å². The Bertz CT molecular complexity index is 547. The average molecular weight is 259 g/mol. The first-order valence-corrected chi connectivity index (χ1v) is 6.24. The van der Waals surface area contributed by atoms with Crippen LogP contribution in [0.2, 0.25) is 0 Å². The summed E-state index contributed by atoms with van der Waals surface area (Å²) in [4.78, 5) is 11.3. The predicted molar refractivity (Wildman–Crippen MR) is 72.7 cm³/mol. The van der Waals surface area contributed by atoms with Crippen molar-refractivity contribution in [3.05, 3.63) is 48.3 Å². The van der Waals surface area contributed by atoms with Crippen LogP contribution in [0.5, 0.6) is 11.5 Å². The quantitative estimate of drug-likeness (QED) is 0.641. The number of hydrogen-bond donors (Lipinski definition) is 1. The highest BCUT2D eigenvalue weighted by Crippen LogP contribution is 2.23. The van der Waals surface area contributed by atoms with Gasteiger partial charge in [0.05, 0.1) is 12.2 Å². The molecule has 0 radical (unpaired) electrons. The summed E-state index contributed by atoms with van der Waals surface area (Å²) in [6.45, 7) is 2.88. The lowest BCUT2D eigenvalue weighted by Gasteiger charge is -2.08. The van der Waals surface area contributed by atoms with Crippen LogP contribution in [0.4, 0.5) is 0 Å². The van der Waals surface area contributed by atoms with Crippen molar-refractivity contribution in [3.8, 4) is 11.5 Å². The number of rotatable bonds is 6. The minimum absolute atomic E-state index is 0.00723. The molecule has 4 nitrogen and oxygen atoms in total. The number of aryl methyl sites for hydroxylation is 1. The van der Waals surface area contributed by atoms with Crippen LogP contribution in [0.25, 0.3) is 0 Å². The highest BCUT2D eigenvalue weighted by atomic mass is 16.5. The van der Waals surface area contributed by atoms with Crippen LogP contribution in [0.1, 0.15) is 23.7 Å². The van der Waals surface area contributed by atoms with Crippen molar-refractivity contribution in [2.75, 3.05) is 6.61 Å². The van der Waals surface area contributed by atoms with Gasteiger partial charge in [-0.05, 0) is 43.7 Å². The van der Waals surface area contributed by atoms with Gasteiger partial charge < -0.3 is 14.4 Å². The molecular weight excluding hydrogens is 242 g/mol. The van der Waals surface area contributed by atoms with Crippen molar-refractivity contribution in [1.82, 2.24) is 4.57 Å². The fraction of sp³-hybridized carbons (Fsp3) is 0.267. The summed E-state index contributed by atoms with van der Waals surface area (Å²) < 4.78 is 7.66. The maximum atomic E-state index is 11.3. The molecule has 4 heteroatoms. The van der Waals surface area contributed by atoms with E-state index < -0.39 is 0 Å². The number of carbonyl (C=O) groups excluding carboxylic acids is 1. The molecule has 1 heterocycles. The Hall–Kier alpha value is -2.23. The largest absolute Gasteiger partial charge is 0.507 e. The Kier molecular flexibility index (Phi) is 4.23. The second-order valence-electron chi connectivity index (χ2n) is 4.36. The van der Waals surface area contributed by atoms with Crippen LogP contribution >= 0.6 is 0 Å². The van der Waals surface area contributed by atoms with Crippen LogP contribution in [0.3, 0.4) is 0 Å². The molecule has 0 saturated carbocycles. The van der Waals surface area contributed by atoms with Crippen molar-refractivity contribution in [2.45, 2.75) is 19.9 Å². The Labute approximate surface area is 112 Å². The van der Waals surface area contributed by atoms with Crippen LogP contribution in [-0.2, 0) is 6.54 Å². The van der Waals surface area contributed by atoms with Gasteiger partial charge in [-0.1, -0.05) is 0 Å². The van der Waals surface area contributed by atoms with Crippen molar-refractivity contribution in [2.24, 2.45) is 0 Å². The Morgan fingerprint density at radius 1 is 1.32 bits per heavy atom. The standard InChI is InChI=1S/C15H17NO3/c1-12(17)14-11-13(5-6-15(14)18)19-10-4-9-16-7-2-3-8-16/h2-3,5-8,11,18H,4,9-10H2,1H3. The molecule has 0 spiro atoms. The highest BCUT2D eigenvalue weighted by Gasteiger charge is 2.07. The zero-order valence-electron chi connectivity index (χ0n) is 10.9. The highest BCUT2D eigenvalue weighted by molar-refractivity contribution is 5.97. The molecule has 1 N–H and O–H groups in total. The molecule has 1 aromatic carbocycles. The minimum atomic E-state index is -0.171. The number of ether oxygens (including phenoxy) is 1. The SMILES string of the molecule is CC(=O)c1cc(OCCCn2cccc2)ccc1O. The molecule has 0 fully saturated rings. The zero-order valence-corrected chi connectivity index (χ0v) is 10.9. The summed E-state index contributed by atoms with van der Waals surface area (Å²) in [5.74, 6) is 0.429. The third-order valence-corrected chi connectivity index (χ3v) is 2.84. The number of carbonyl (C=O) groups is 1. The molecule has 0 atom stereocenters. The molecule has 0 aliphatic carbocycles. The summed E-state index contributed by atoms with van der Waals surface area (Å²) in [7, 11) is 0.